The predicted octanol–water partition coefficient (Wildman–Crippen LogP) is 7.76. The van der Waals surface area contributed by atoms with Crippen LogP contribution in [0.4, 0.5) is 0 Å². The minimum absolute atomic E-state index is 0.0825. The molecule has 2 heteroatoms. The van der Waals surface area contributed by atoms with E-state index in [1.165, 1.54) is 96.3 Å². The van der Waals surface area contributed by atoms with Crippen LogP contribution >= 0.6 is 0 Å². The molecular formula is C23H44O2. The standard InChI is InChI=1S/C23H44O2/c1-3-5-6-7-8-9-10-11-12-13-14-15-16-17-18-19-20-21-23(24)25-22-4-2/h4H,2-3,5-22H2,1H3. The Morgan fingerprint density at radius 2 is 1.04 bits per heavy atom. The second-order valence-electron chi connectivity index (χ2n) is 7.38. The molecule has 148 valence electrons. The Hall–Kier alpha value is -0.790. The number of hydrogen-bond donors (Lipinski definition) is 0. The van der Waals surface area contributed by atoms with Gasteiger partial charge in [0.2, 0.25) is 0 Å². The third-order valence-electron chi connectivity index (χ3n) is 4.85. The van der Waals surface area contributed by atoms with E-state index in [1.807, 2.05) is 0 Å². The molecule has 0 aliphatic heterocycles. The molecule has 0 atom stereocenters. The van der Waals surface area contributed by atoms with Gasteiger partial charge in [-0.15, -0.1) is 0 Å². The minimum atomic E-state index is -0.0825. The van der Waals surface area contributed by atoms with Gasteiger partial charge in [0.1, 0.15) is 6.61 Å². The van der Waals surface area contributed by atoms with E-state index < -0.39 is 0 Å². The molecule has 25 heavy (non-hydrogen) atoms. The molecule has 0 aromatic carbocycles. The second-order valence-corrected chi connectivity index (χ2v) is 7.38. The van der Waals surface area contributed by atoms with E-state index in [-0.39, 0.29) is 5.97 Å². The molecule has 2 nitrogen and oxygen atoms in total. The fraction of sp³-hybridized carbons (Fsp3) is 0.870. The van der Waals surface area contributed by atoms with Crippen LogP contribution in [0.5, 0.6) is 0 Å². The quantitative estimate of drug-likeness (QED) is 0.127. The van der Waals surface area contributed by atoms with Crippen molar-refractivity contribution in [1.82, 2.24) is 0 Å². The van der Waals surface area contributed by atoms with Gasteiger partial charge in [-0.3, -0.25) is 4.79 Å². The molecule has 0 saturated carbocycles. The summed E-state index contributed by atoms with van der Waals surface area (Å²) in [6.45, 7) is 6.16. The summed E-state index contributed by atoms with van der Waals surface area (Å²) in [6, 6.07) is 0. The van der Waals surface area contributed by atoms with Crippen LogP contribution in [0.1, 0.15) is 122 Å². The zero-order valence-electron chi connectivity index (χ0n) is 17.0. The van der Waals surface area contributed by atoms with E-state index in [2.05, 4.69) is 13.5 Å². The first-order valence-electron chi connectivity index (χ1n) is 11.1. The van der Waals surface area contributed by atoms with Crippen LogP contribution in [0.3, 0.4) is 0 Å². The van der Waals surface area contributed by atoms with E-state index in [0.29, 0.717) is 13.0 Å². The van der Waals surface area contributed by atoms with E-state index in [0.717, 1.165) is 12.8 Å². The van der Waals surface area contributed by atoms with Crippen LogP contribution in [-0.2, 0) is 9.53 Å². The highest BCUT2D eigenvalue weighted by Crippen LogP contribution is 2.14. The maximum Gasteiger partial charge on any atom is 0.306 e. The summed E-state index contributed by atoms with van der Waals surface area (Å²) in [5.74, 6) is -0.0825. The van der Waals surface area contributed by atoms with Crippen LogP contribution in [0.15, 0.2) is 12.7 Å². The predicted molar refractivity (Wildman–Crippen MR) is 110 cm³/mol. The molecule has 0 aliphatic carbocycles. The number of ether oxygens (including phenoxy) is 1. The van der Waals surface area contributed by atoms with Crippen molar-refractivity contribution in [3.8, 4) is 0 Å². The Bertz CT molecular complexity index is 286. The second kappa shape index (κ2) is 21.3. The zero-order chi connectivity index (χ0) is 18.4. The summed E-state index contributed by atoms with van der Waals surface area (Å²) in [4.78, 5) is 11.3. The average molecular weight is 353 g/mol. The molecule has 0 heterocycles. The van der Waals surface area contributed by atoms with Gasteiger partial charge in [-0.05, 0) is 6.42 Å². The molecule has 0 amide bonds. The first-order chi connectivity index (χ1) is 12.3. The zero-order valence-corrected chi connectivity index (χ0v) is 17.0. The van der Waals surface area contributed by atoms with Gasteiger partial charge in [-0.25, -0.2) is 0 Å². The third kappa shape index (κ3) is 21.2. The molecule has 0 N–H and O–H groups in total. The lowest BCUT2D eigenvalue weighted by atomic mass is 10.0. The molecular weight excluding hydrogens is 308 g/mol. The Morgan fingerprint density at radius 3 is 1.40 bits per heavy atom. The lowest BCUT2D eigenvalue weighted by Gasteiger charge is -2.04. The van der Waals surface area contributed by atoms with E-state index in [1.54, 1.807) is 6.08 Å². The minimum Gasteiger partial charge on any atom is -0.461 e. The number of esters is 1. The molecule has 0 fully saturated rings. The topological polar surface area (TPSA) is 26.3 Å². The Kier molecular flexibility index (Phi) is 20.6. The van der Waals surface area contributed by atoms with Crippen LogP contribution in [0.2, 0.25) is 0 Å². The molecule has 0 aromatic heterocycles. The van der Waals surface area contributed by atoms with Gasteiger partial charge >= 0.3 is 5.97 Å². The van der Waals surface area contributed by atoms with Crippen LogP contribution in [0.25, 0.3) is 0 Å². The van der Waals surface area contributed by atoms with Crippen LogP contribution < -0.4 is 0 Å². The highest BCUT2D eigenvalue weighted by Gasteiger charge is 2.01. The molecule has 0 unspecified atom stereocenters. The molecule has 0 spiro atoms. The Labute approximate surface area is 157 Å². The molecule has 0 aliphatic rings. The van der Waals surface area contributed by atoms with Gasteiger partial charge in [0.05, 0.1) is 0 Å². The summed E-state index contributed by atoms with van der Waals surface area (Å²) in [5.41, 5.74) is 0. The largest absolute Gasteiger partial charge is 0.461 e. The first-order valence-corrected chi connectivity index (χ1v) is 11.1. The van der Waals surface area contributed by atoms with Crippen molar-refractivity contribution in [2.24, 2.45) is 0 Å². The Balaban J connectivity index is 3.05. The third-order valence-corrected chi connectivity index (χ3v) is 4.85. The fourth-order valence-corrected chi connectivity index (χ4v) is 3.22. The number of hydrogen-bond acceptors (Lipinski definition) is 2. The van der Waals surface area contributed by atoms with Crippen molar-refractivity contribution in [1.29, 1.82) is 0 Å². The number of carbonyl (C=O) groups is 1. The molecule has 0 rings (SSSR count). The van der Waals surface area contributed by atoms with Crippen LogP contribution in [0, 0.1) is 0 Å². The van der Waals surface area contributed by atoms with Gasteiger partial charge in [0.15, 0.2) is 0 Å². The highest BCUT2D eigenvalue weighted by molar-refractivity contribution is 5.69. The van der Waals surface area contributed by atoms with Gasteiger partial charge in [0.25, 0.3) is 0 Å². The molecule has 0 aromatic rings. The lowest BCUT2D eigenvalue weighted by molar-refractivity contribution is -0.142. The number of unbranched alkanes of at least 4 members (excludes halogenated alkanes) is 16. The van der Waals surface area contributed by atoms with E-state index in [9.17, 15) is 4.79 Å². The monoisotopic (exact) mass is 352 g/mol. The SMILES string of the molecule is C=CCOC(=O)CCCCCCCCCCCCCCCCCCC. The number of carbonyl (C=O) groups excluding carboxylic acids is 1. The maximum atomic E-state index is 11.3. The van der Waals surface area contributed by atoms with Crippen molar-refractivity contribution < 1.29 is 9.53 Å². The van der Waals surface area contributed by atoms with E-state index in [4.69, 9.17) is 4.74 Å². The normalized spacial score (nSPS) is 10.8. The van der Waals surface area contributed by atoms with Crippen molar-refractivity contribution in [2.75, 3.05) is 6.61 Å². The summed E-state index contributed by atoms with van der Waals surface area (Å²) in [6.07, 6.45) is 25.3. The van der Waals surface area contributed by atoms with Crippen molar-refractivity contribution in [3.05, 3.63) is 12.7 Å². The first kappa shape index (κ1) is 24.2. The maximum absolute atomic E-state index is 11.3. The molecule has 0 radical (unpaired) electrons. The smallest absolute Gasteiger partial charge is 0.306 e. The summed E-state index contributed by atoms with van der Waals surface area (Å²) < 4.78 is 4.96. The fourth-order valence-electron chi connectivity index (χ4n) is 3.22. The van der Waals surface area contributed by atoms with Gasteiger partial charge in [-0.1, -0.05) is 122 Å². The van der Waals surface area contributed by atoms with Crippen molar-refractivity contribution in [3.63, 3.8) is 0 Å². The molecule has 0 bridgehead atoms. The van der Waals surface area contributed by atoms with Gasteiger partial charge in [-0.2, -0.15) is 0 Å². The highest BCUT2D eigenvalue weighted by atomic mass is 16.5. The summed E-state index contributed by atoms with van der Waals surface area (Å²) >= 11 is 0. The van der Waals surface area contributed by atoms with Crippen LogP contribution in [-0.4, -0.2) is 12.6 Å². The van der Waals surface area contributed by atoms with Crippen molar-refractivity contribution >= 4 is 5.97 Å². The van der Waals surface area contributed by atoms with E-state index >= 15 is 0 Å². The molecule has 0 saturated heterocycles. The van der Waals surface area contributed by atoms with Crippen molar-refractivity contribution in [2.45, 2.75) is 122 Å². The lowest BCUT2D eigenvalue weighted by Crippen LogP contribution is -2.03. The van der Waals surface area contributed by atoms with Gasteiger partial charge in [0, 0.05) is 6.42 Å². The summed E-state index contributed by atoms with van der Waals surface area (Å²) in [7, 11) is 0. The summed E-state index contributed by atoms with van der Waals surface area (Å²) in [5, 5.41) is 0. The van der Waals surface area contributed by atoms with Gasteiger partial charge < -0.3 is 4.74 Å². The Morgan fingerprint density at radius 1 is 0.680 bits per heavy atom. The average Bonchev–Trinajstić information content (AvgIpc) is 2.62. The number of rotatable bonds is 20.